The van der Waals surface area contributed by atoms with Crippen LogP contribution in [0, 0.1) is 6.92 Å². The molecule has 2 heterocycles. The molecule has 0 saturated heterocycles. The molecule has 1 aliphatic rings. The summed E-state index contributed by atoms with van der Waals surface area (Å²) in [5.74, 6) is -1.00. The van der Waals surface area contributed by atoms with Gasteiger partial charge in [0.05, 0.1) is 22.5 Å². The van der Waals surface area contributed by atoms with Gasteiger partial charge in [-0.2, -0.15) is 18.3 Å². The summed E-state index contributed by atoms with van der Waals surface area (Å²) in [7, 11) is 0. The van der Waals surface area contributed by atoms with Gasteiger partial charge in [0.1, 0.15) is 0 Å². The van der Waals surface area contributed by atoms with Crippen LogP contribution < -0.4 is 0 Å². The number of alkyl halides is 3. The first-order valence-corrected chi connectivity index (χ1v) is 8.06. The Morgan fingerprint density at radius 1 is 1.31 bits per heavy atom. The maximum atomic E-state index is 13.0. The summed E-state index contributed by atoms with van der Waals surface area (Å²) in [5.41, 5.74) is 1.59. The van der Waals surface area contributed by atoms with Crippen LogP contribution in [0.1, 0.15) is 46.1 Å². The molecule has 0 aliphatic heterocycles. The molecular weight excluding hydrogens is 347 g/mol. The number of fused-ring (bicyclic) bond motifs is 1. The number of hydrogen-bond donors (Lipinski definition) is 1. The maximum absolute atomic E-state index is 13.0. The van der Waals surface area contributed by atoms with Gasteiger partial charge >= 0.3 is 12.1 Å². The molecule has 26 heavy (non-hydrogen) atoms. The van der Waals surface area contributed by atoms with Crippen molar-refractivity contribution in [3.05, 3.63) is 53.0 Å². The Kier molecular flexibility index (Phi) is 3.54. The molecule has 8 heteroatoms. The van der Waals surface area contributed by atoms with Crippen LogP contribution in [-0.4, -0.2) is 25.7 Å². The van der Waals surface area contributed by atoms with Crippen molar-refractivity contribution in [3.8, 4) is 11.1 Å². The molecule has 0 atom stereocenters. The van der Waals surface area contributed by atoms with Crippen molar-refractivity contribution in [2.75, 3.05) is 0 Å². The monoisotopic (exact) mass is 361 g/mol. The summed E-state index contributed by atoms with van der Waals surface area (Å²) in [6.07, 6.45) is -1.46. The minimum absolute atomic E-state index is 0.0816. The van der Waals surface area contributed by atoms with Gasteiger partial charge < -0.3 is 5.11 Å². The molecule has 1 aromatic carbocycles. The Morgan fingerprint density at radius 2 is 2.04 bits per heavy atom. The minimum Gasteiger partial charge on any atom is -0.478 e. The third-order valence-corrected chi connectivity index (χ3v) is 4.53. The van der Waals surface area contributed by atoms with Gasteiger partial charge in [-0.1, -0.05) is 12.1 Å². The van der Waals surface area contributed by atoms with Crippen LogP contribution in [0.2, 0.25) is 0 Å². The summed E-state index contributed by atoms with van der Waals surface area (Å²) in [4.78, 5) is 15.7. The number of rotatable bonds is 3. The molecule has 4 rings (SSSR count). The van der Waals surface area contributed by atoms with Gasteiger partial charge in [0.15, 0.2) is 5.65 Å². The van der Waals surface area contributed by atoms with E-state index >= 15 is 0 Å². The summed E-state index contributed by atoms with van der Waals surface area (Å²) >= 11 is 0. The quantitative estimate of drug-likeness (QED) is 0.755. The number of carboxylic acid groups (broad SMARTS) is 1. The van der Waals surface area contributed by atoms with Gasteiger partial charge in [-0.3, -0.25) is 0 Å². The molecular formula is C18H14F3N3O2. The Hall–Kier alpha value is -2.90. The zero-order valence-electron chi connectivity index (χ0n) is 13.7. The van der Waals surface area contributed by atoms with Gasteiger partial charge in [0.25, 0.3) is 0 Å². The fourth-order valence-corrected chi connectivity index (χ4v) is 3.21. The average molecular weight is 361 g/mol. The van der Waals surface area contributed by atoms with Crippen LogP contribution in [0.5, 0.6) is 0 Å². The van der Waals surface area contributed by atoms with Crippen LogP contribution >= 0.6 is 0 Å². The van der Waals surface area contributed by atoms with Gasteiger partial charge in [0.2, 0.25) is 0 Å². The fraction of sp³-hybridized carbons (Fsp3) is 0.278. The van der Waals surface area contributed by atoms with E-state index in [-0.39, 0.29) is 11.5 Å². The molecule has 5 nitrogen and oxygen atoms in total. The third-order valence-electron chi connectivity index (χ3n) is 4.53. The Labute approximate surface area is 146 Å². The molecule has 1 N–H and O–H groups in total. The highest BCUT2D eigenvalue weighted by Gasteiger charge is 2.34. The predicted molar refractivity (Wildman–Crippen MR) is 87.1 cm³/mol. The van der Waals surface area contributed by atoms with Crippen molar-refractivity contribution in [1.29, 1.82) is 0 Å². The van der Waals surface area contributed by atoms with Gasteiger partial charge in [-0.15, -0.1) is 0 Å². The maximum Gasteiger partial charge on any atom is 0.416 e. The summed E-state index contributed by atoms with van der Waals surface area (Å²) < 4.78 is 40.6. The molecule has 0 amide bonds. The fourth-order valence-electron chi connectivity index (χ4n) is 3.21. The molecule has 0 radical (unpaired) electrons. The SMILES string of the molecule is Cc1nn2c(C3CC3)c(C(=O)O)cnc2c1-c1cccc(C(F)(F)F)c1. The molecule has 1 fully saturated rings. The van der Waals surface area contributed by atoms with Crippen LogP contribution in [0.25, 0.3) is 16.8 Å². The average Bonchev–Trinajstić information content (AvgIpc) is 3.35. The molecule has 3 aromatic rings. The summed E-state index contributed by atoms with van der Waals surface area (Å²) in [5, 5.41) is 13.8. The zero-order chi connectivity index (χ0) is 18.6. The highest BCUT2D eigenvalue weighted by atomic mass is 19.4. The number of hydrogen-bond acceptors (Lipinski definition) is 3. The molecule has 0 bridgehead atoms. The summed E-state index contributed by atoms with van der Waals surface area (Å²) in [6, 6.07) is 4.99. The number of aryl methyl sites for hydroxylation is 1. The molecule has 1 aliphatic carbocycles. The van der Waals surface area contributed by atoms with E-state index in [9.17, 15) is 23.1 Å². The first kappa shape index (κ1) is 16.6. The first-order chi connectivity index (χ1) is 12.3. The lowest BCUT2D eigenvalue weighted by molar-refractivity contribution is -0.137. The second kappa shape index (κ2) is 5.55. The first-order valence-electron chi connectivity index (χ1n) is 8.06. The van der Waals surface area contributed by atoms with E-state index in [2.05, 4.69) is 10.1 Å². The van der Waals surface area contributed by atoms with Crippen molar-refractivity contribution in [1.82, 2.24) is 14.6 Å². The highest BCUT2D eigenvalue weighted by Crippen LogP contribution is 2.43. The molecule has 1 saturated carbocycles. The van der Waals surface area contributed by atoms with Crippen molar-refractivity contribution in [3.63, 3.8) is 0 Å². The van der Waals surface area contributed by atoms with Crippen molar-refractivity contribution in [2.24, 2.45) is 0 Å². The lowest BCUT2D eigenvalue weighted by Gasteiger charge is -2.09. The largest absolute Gasteiger partial charge is 0.478 e. The third kappa shape index (κ3) is 2.61. The Bertz CT molecular complexity index is 1040. The number of nitrogens with zero attached hydrogens (tertiary/aromatic N) is 3. The van der Waals surface area contributed by atoms with Crippen molar-refractivity contribution in [2.45, 2.75) is 31.9 Å². The number of carboxylic acids is 1. The standard InChI is InChI=1S/C18H14F3N3O2/c1-9-14(11-3-2-4-12(7-11)18(19,20)21)16-22-8-13(17(25)26)15(10-5-6-10)24(16)23-9/h2-4,7-8,10H,5-6H2,1H3,(H,25,26). The summed E-state index contributed by atoms with van der Waals surface area (Å²) in [6.45, 7) is 1.68. The van der Waals surface area contributed by atoms with Crippen molar-refractivity contribution >= 4 is 11.6 Å². The predicted octanol–water partition coefficient (Wildman–Crippen LogP) is 4.30. The lowest BCUT2D eigenvalue weighted by Crippen LogP contribution is -2.09. The van der Waals surface area contributed by atoms with E-state index in [0.717, 1.165) is 25.0 Å². The van der Waals surface area contributed by atoms with E-state index in [1.807, 2.05) is 0 Å². The van der Waals surface area contributed by atoms with Crippen molar-refractivity contribution < 1.29 is 23.1 Å². The van der Waals surface area contributed by atoms with E-state index in [4.69, 9.17) is 0 Å². The second-order valence-corrected chi connectivity index (χ2v) is 6.41. The zero-order valence-corrected chi connectivity index (χ0v) is 13.7. The van der Waals surface area contributed by atoms with Gasteiger partial charge in [0, 0.05) is 17.7 Å². The number of benzene rings is 1. The van der Waals surface area contributed by atoms with Gasteiger partial charge in [-0.05, 0) is 37.5 Å². The van der Waals surface area contributed by atoms with E-state index in [1.165, 1.54) is 16.8 Å². The molecule has 2 aromatic heterocycles. The van der Waals surface area contributed by atoms with E-state index in [0.29, 0.717) is 28.2 Å². The highest BCUT2D eigenvalue weighted by molar-refractivity contribution is 5.90. The number of aromatic nitrogens is 3. The minimum atomic E-state index is -4.45. The van der Waals surface area contributed by atoms with Crippen LogP contribution in [0.15, 0.2) is 30.5 Å². The van der Waals surface area contributed by atoms with Crippen LogP contribution in [-0.2, 0) is 6.18 Å². The number of halogens is 3. The molecule has 134 valence electrons. The Balaban J connectivity index is 1.97. The molecule has 0 spiro atoms. The normalized spacial score (nSPS) is 14.8. The van der Waals surface area contributed by atoms with E-state index in [1.54, 1.807) is 13.0 Å². The lowest BCUT2D eigenvalue weighted by atomic mass is 10.0. The smallest absolute Gasteiger partial charge is 0.416 e. The topological polar surface area (TPSA) is 67.5 Å². The number of carbonyl (C=O) groups is 1. The molecule has 0 unspecified atom stereocenters. The van der Waals surface area contributed by atoms with E-state index < -0.39 is 17.7 Å². The Morgan fingerprint density at radius 3 is 2.65 bits per heavy atom. The number of aromatic carboxylic acids is 1. The second-order valence-electron chi connectivity index (χ2n) is 6.41. The van der Waals surface area contributed by atoms with Gasteiger partial charge in [-0.25, -0.2) is 14.3 Å². The van der Waals surface area contributed by atoms with Crippen LogP contribution in [0.3, 0.4) is 0 Å². The van der Waals surface area contributed by atoms with Crippen LogP contribution in [0.4, 0.5) is 13.2 Å².